The van der Waals surface area contributed by atoms with Gasteiger partial charge in [0.05, 0.1) is 5.56 Å². The average molecular weight is 270 g/mol. The summed E-state index contributed by atoms with van der Waals surface area (Å²) < 4.78 is 0.758. The molecule has 0 bridgehead atoms. The van der Waals surface area contributed by atoms with Crippen LogP contribution in [0.5, 0.6) is 0 Å². The van der Waals surface area contributed by atoms with Gasteiger partial charge in [0.2, 0.25) is 0 Å². The maximum atomic E-state index is 10.9. The normalized spacial score (nSPS) is 9.67. The van der Waals surface area contributed by atoms with Gasteiger partial charge >= 0.3 is 5.97 Å². The van der Waals surface area contributed by atoms with Crippen LogP contribution in [0.25, 0.3) is 0 Å². The van der Waals surface area contributed by atoms with Gasteiger partial charge in [0.25, 0.3) is 0 Å². The minimum absolute atomic E-state index is 0.272. The molecule has 4 heteroatoms. The van der Waals surface area contributed by atoms with E-state index in [2.05, 4.69) is 27.8 Å². The molecular weight excluding hydrogens is 258 g/mol. The van der Waals surface area contributed by atoms with Crippen molar-refractivity contribution in [3.8, 4) is 0 Å². The number of carboxylic acid groups (broad SMARTS) is 1. The van der Waals surface area contributed by atoms with E-state index in [1.807, 2.05) is 6.07 Å². The van der Waals surface area contributed by atoms with Gasteiger partial charge in [0, 0.05) is 16.7 Å². The molecule has 0 amide bonds. The zero-order valence-electron chi connectivity index (χ0n) is 8.16. The summed E-state index contributed by atoms with van der Waals surface area (Å²) in [6.45, 7) is 4.29. The van der Waals surface area contributed by atoms with Crippen molar-refractivity contribution < 1.29 is 9.90 Å². The Morgan fingerprint density at radius 1 is 1.60 bits per heavy atom. The Hall–Kier alpha value is -1.29. The molecule has 0 saturated carbocycles. The number of hydrogen-bond acceptors (Lipinski definition) is 2. The van der Waals surface area contributed by atoms with E-state index in [0.717, 1.165) is 10.9 Å². The van der Waals surface area contributed by atoms with Crippen molar-refractivity contribution >= 4 is 27.6 Å². The second-order valence-electron chi connectivity index (χ2n) is 3.00. The molecule has 0 atom stereocenters. The second-order valence-corrected chi connectivity index (χ2v) is 3.91. The van der Waals surface area contributed by atoms with Gasteiger partial charge in [-0.05, 0) is 24.6 Å². The van der Waals surface area contributed by atoms with Gasteiger partial charge in [-0.1, -0.05) is 22.0 Å². The largest absolute Gasteiger partial charge is 0.478 e. The summed E-state index contributed by atoms with van der Waals surface area (Å²) in [5, 5.41) is 12.0. The topological polar surface area (TPSA) is 49.3 Å². The molecule has 0 aromatic heterocycles. The summed E-state index contributed by atoms with van der Waals surface area (Å²) in [6, 6.07) is 5.14. The van der Waals surface area contributed by atoms with Gasteiger partial charge in [-0.3, -0.25) is 0 Å². The second kappa shape index (κ2) is 5.56. The quantitative estimate of drug-likeness (QED) is 0.638. The van der Waals surface area contributed by atoms with Crippen LogP contribution in [0.4, 0.5) is 5.69 Å². The zero-order chi connectivity index (χ0) is 11.3. The van der Waals surface area contributed by atoms with Crippen LogP contribution in [-0.4, -0.2) is 17.6 Å². The Morgan fingerprint density at radius 2 is 2.33 bits per heavy atom. The lowest BCUT2D eigenvalue weighted by Crippen LogP contribution is -2.07. The first-order valence-electron chi connectivity index (χ1n) is 4.52. The lowest BCUT2D eigenvalue weighted by molar-refractivity contribution is 0.0698. The first kappa shape index (κ1) is 11.8. The molecule has 0 spiro atoms. The molecule has 80 valence electrons. The van der Waals surface area contributed by atoms with Crippen LogP contribution < -0.4 is 5.32 Å². The summed E-state index contributed by atoms with van der Waals surface area (Å²) in [5.41, 5.74) is 0.904. The Morgan fingerprint density at radius 3 is 2.93 bits per heavy atom. The molecule has 0 aliphatic rings. The lowest BCUT2D eigenvalue weighted by atomic mass is 10.2. The minimum atomic E-state index is -0.933. The van der Waals surface area contributed by atoms with Crippen LogP contribution in [0.3, 0.4) is 0 Å². The zero-order valence-corrected chi connectivity index (χ0v) is 9.75. The van der Waals surface area contributed by atoms with Crippen molar-refractivity contribution in [2.45, 2.75) is 6.42 Å². The first-order chi connectivity index (χ1) is 7.15. The molecule has 15 heavy (non-hydrogen) atoms. The number of carbonyl (C=O) groups is 1. The Balaban J connectivity index is 2.85. The number of hydrogen-bond donors (Lipinski definition) is 2. The van der Waals surface area contributed by atoms with E-state index in [4.69, 9.17) is 5.11 Å². The highest BCUT2D eigenvalue weighted by atomic mass is 79.9. The van der Waals surface area contributed by atoms with Crippen molar-refractivity contribution in [3.05, 3.63) is 40.9 Å². The number of rotatable bonds is 5. The van der Waals surface area contributed by atoms with E-state index in [0.29, 0.717) is 12.2 Å². The molecule has 0 heterocycles. The number of carboxylic acids is 1. The molecule has 0 radical (unpaired) electrons. The summed E-state index contributed by atoms with van der Waals surface area (Å²) in [7, 11) is 0. The summed E-state index contributed by atoms with van der Waals surface area (Å²) in [5.74, 6) is -0.933. The van der Waals surface area contributed by atoms with E-state index < -0.39 is 5.97 Å². The lowest BCUT2D eigenvalue weighted by Gasteiger charge is -2.08. The van der Waals surface area contributed by atoms with Gasteiger partial charge in [-0.2, -0.15) is 0 Å². The Bertz CT molecular complexity index is 377. The smallest absolute Gasteiger partial charge is 0.337 e. The highest BCUT2D eigenvalue weighted by Gasteiger charge is 2.09. The molecule has 0 aliphatic carbocycles. The fourth-order valence-electron chi connectivity index (χ4n) is 1.16. The van der Waals surface area contributed by atoms with Crippen molar-refractivity contribution in [1.29, 1.82) is 0 Å². The molecule has 1 aromatic rings. The van der Waals surface area contributed by atoms with E-state index >= 15 is 0 Å². The van der Waals surface area contributed by atoms with Gasteiger partial charge in [0.15, 0.2) is 0 Å². The predicted octanol–water partition coefficient (Wildman–Crippen LogP) is 3.14. The van der Waals surface area contributed by atoms with E-state index in [-0.39, 0.29) is 5.56 Å². The molecule has 3 nitrogen and oxygen atoms in total. The minimum Gasteiger partial charge on any atom is -0.478 e. The van der Waals surface area contributed by atoms with Crippen molar-refractivity contribution in [2.24, 2.45) is 0 Å². The summed E-state index contributed by atoms with van der Waals surface area (Å²) in [4.78, 5) is 10.9. The molecular formula is C11H12BrNO2. The monoisotopic (exact) mass is 269 g/mol. The Labute approximate surface area is 96.9 Å². The van der Waals surface area contributed by atoms with Gasteiger partial charge < -0.3 is 10.4 Å². The standard InChI is InChI=1S/C11H12BrNO2/c1-2-3-6-13-10-5-4-8(12)7-9(10)11(14)15/h2,4-5,7,13H,1,3,6H2,(H,14,15). The first-order valence-corrected chi connectivity index (χ1v) is 5.32. The third-order valence-electron chi connectivity index (χ3n) is 1.88. The Kier molecular flexibility index (Phi) is 4.37. The third-order valence-corrected chi connectivity index (χ3v) is 2.37. The number of anilines is 1. The molecule has 0 unspecified atom stereocenters. The molecule has 0 fully saturated rings. The number of benzene rings is 1. The van der Waals surface area contributed by atoms with Gasteiger partial charge in [-0.25, -0.2) is 4.79 Å². The summed E-state index contributed by atoms with van der Waals surface area (Å²) >= 11 is 3.24. The third kappa shape index (κ3) is 3.40. The van der Waals surface area contributed by atoms with Crippen LogP contribution in [-0.2, 0) is 0 Å². The van der Waals surface area contributed by atoms with Crippen LogP contribution in [0.1, 0.15) is 16.8 Å². The highest BCUT2D eigenvalue weighted by molar-refractivity contribution is 9.10. The number of aromatic carboxylic acids is 1. The maximum Gasteiger partial charge on any atom is 0.337 e. The fourth-order valence-corrected chi connectivity index (χ4v) is 1.52. The van der Waals surface area contributed by atoms with E-state index in [1.54, 1.807) is 18.2 Å². The van der Waals surface area contributed by atoms with E-state index in [9.17, 15) is 4.79 Å². The van der Waals surface area contributed by atoms with Gasteiger partial charge in [-0.15, -0.1) is 6.58 Å². The highest BCUT2D eigenvalue weighted by Crippen LogP contribution is 2.21. The molecule has 0 aliphatic heterocycles. The molecule has 2 N–H and O–H groups in total. The van der Waals surface area contributed by atoms with Crippen LogP contribution in [0.15, 0.2) is 35.3 Å². The van der Waals surface area contributed by atoms with E-state index in [1.165, 1.54) is 0 Å². The van der Waals surface area contributed by atoms with Crippen molar-refractivity contribution in [1.82, 2.24) is 0 Å². The molecule has 0 saturated heterocycles. The SMILES string of the molecule is C=CCCNc1ccc(Br)cc1C(=O)O. The van der Waals surface area contributed by atoms with Crippen LogP contribution in [0, 0.1) is 0 Å². The number of halogens is 1. The summed E-state index contributed by atoms with van der Waals surface area (Å²) in [6.07, 6.45) is 2.58. The molecule has 1 rings (SSSR count). The number of nitrogens with one attached hydrogen (secondary N) is 1. The van der Waals surface area contributed by atoms with Gasteiger partial charge in [0.1, 0.15) is 0 Å². The van der Waals surface area contributed by atoms with Crippen molar-refractivity contribution in [2.75, 3.05) is 11.9 Å². The van der Waals surface area contributed by atoms with Crippen molar-refractivity contribution in [3.63, 3.8) is 0 Å². The van der Waals surface area contributed by atoms with Crippen LogP contribution >= 0.6 is 15.9 Å². The molecule has 1 aromatic carbocycles. The van der Waals surface area contributed by atoms with Crippen LogP contribution in [0.2, 0.25) is 0 Å². The maximum absolute atomic E-state index is 10.9. The average Bonchev–Trinajstić information content (AvgIpc) is 2.20. The predicted molar refractivity (Wildman–Crippen MR) is 64.4 cm³/mol. The fraction of sp³-hybridized carbons (Fsp3) is 0.182.